The molecule has 0 saturated heterocycles. The Balaban J connectivity index is 1.81. The molecule has 3 rings (SSSR count). The molecule has 124 valence electrons. The Morgan fingerprint density at radius 1 is 1.35 bits per heavy atom. The molecule has 0 N–H and O–H groups in total. The molecule has 1 heterocycles. The maximum absolute atomic E-state index is 5.71. The topological polar surface area (TPSA) is 43.4 Å². The Hall–Kier alpha value is -1.66. The van der Waals surface area contributed by atoms with Gasteiger partial charge in [0.25, 0.3) is 10.7 Å². The lowest BCUT2D eigenvalue weighted by molar-refractivity contribution is 0.205. The van der Waals surface area contributed by atoms with Crippen molar-refractivity contribution in [1.29, 1.82) is 0 Å². The number of rotatable bonds is 8. The van der Waals surface area contributed by atoms with E-state index in [1.54, 1.807) is 4.68 Å². The summed E-state index contributed by atoms with van der Waals surface area (Å²) in [5.41, 5.74) is 0.837. The number of para-hydroxylation sites is 1. The van der Waals surface area contributed by atoms with Gasteiger partial charge in [0.15, 0.2) is 0 Å². The van der Waals surface area contributed by atoms with Gasteiger partial charge >= 0.3 is 0 Å². The molecule has 0 spiro atoms. The molecule has 1 aliphatic carbocycles. The number of nitrogens with zero attached hydrogens (tertiary/aromatic N) is 3. The summed E-state index contributed by atoms with van der Waals surface area (Å²) in [6.07, 6.45) is 2.68. The highest BCUT2D eigenvalue weighted by Crippen LogP contribution is 2.30. The van der Waals surface area contributed by atoms with Crippen LogP contribution in [0.5, 0.6) is 5.75 Å². The molecule has 0 aliphatic heterocycles. The lowest BCUT2D eigenvalue weighted by atomic mass is 10.2. The molecule has 0 bridgehead atoms. The van der Waals surface area contributed by atoms with E-state index in [-0.39, 0.29) is 0 Å². The van der Waals surface area contributed by atoms with Crippen LogP contribution in [-0.4, -0.2) is 34.4 Å². The van der Waals surface area contributed by atoms with Crippen LogP contribution in [0.1, 0.15) is 26.7 Å². The van der Waals surface area contributed by atoms with Gasteiger partial charge < -0.3 is 9.15 Å². The highest BCUT2D eigenvalue weighted by Gasteiger charge is 2.24. The van der Waals surface area contributed by atoms with Crippen LogP contribution in [0, 0.1) is 10.8 Å². The number of aromatic nitrogens is 2. The molecule has 1 fully saturated rings. The zero-order chi connectivity index (χ0) is 16.2. The van der Waals surface area contributed by atoms with Crippen LogP contribution in [0.2, 0.25) is 0 Å². The van der Waals surface area contributed by atoms with Gasteiger partial charge in [-0.1, -0.05) is 19.1 Å². The highest BCUT2D eigenvalue weighted by atomic mass is 32.1. The minimum Gasteiger partial charge on any atom is -0.493 e. The number of benzene rings is 1. The molecule has 23 heavy (non-hydrogen) atoms. The Bertz CT molecular complexity index is 706. The van der Waals surface area contributed by atoms with Crippen LogP contribution in [0.15, 0.2) is 28.7 Å². The van der Waals surface area contributed by atoms with Gasteiger partial charge in [-0.15, -0.1) is 5.10 Å². The van der Waals surface area contributed by atoms with E-state index in [2.05, 4.69) is 16.9 Å². The maximum atomic E-state index is 5.71. The zero-order valence-corrected chi connectivity index (χ0v) is 14.5. The summed E-state index contributed by atoms with van der Waals surface area (Å²) in [7, 11) is 0. The van der Waals surface area contributed by atoms with Crippen molar-refractivity contribution in [2.24, 2.45) is 5.92 Å². The van der Waals surface area contributed by atoms with E-state index in [0.717, 1.165) is 30.3 Å². The van der Waals surface area contributed by atoms with Crippen molar-refractivity contribution >= 4 is 12.2 Å². The average molecular weight is 333 g/mol. The molecule has 1 aromatic heterocycles. The summed E-state index contributed by atoms with van der Waals surface area (Å²) in [5, 5.41) is 4.56. The summed E-state index contributed by atoms with van der Waals surface area (Å²) < 4.78 is 13.1. The van der Waals surface area contributed by atoms with Crippen molar-refractivity contribution < 1.29 is 9.15 Å². The van der Waals surface area contributed by atoms with Crippen molar-refractivity contribution in [2.75, 3.05) is 19.7 Å². The maximum Gasteiger partial charge on any atom is 0.288 e. The van der Waals surface area contributed by atoms with Crippen LogP contribution >= 0.6 is 12.2 Å². The van der Waals surface area contributed by atoms with E-state index >= 15 is 0 Å². The lowest BCUT2D eigenvalue weighted by Gasteiger charge is -2.19. The molecule has 0 unspecified atom stereocenters. The van der Waals surface area contributed by atoms with E-state index in [1.807, 2.05) is 31.2 Å². The first-order valence-electron chi connectivity index (χ1n) is 8.23. The van der Waals surface area contributed by atoms with Crippen LogP contribution < -0.4 is 4.74 Å². The van der Waals surface area contributed by atoms with Gasteiger partial charge in [-0.2, -0.15) is 0 Å². The Morgan fingerprint density at radius 3 is 2.83 bits per heavy atom. The van der Waals surface area contributed by atoms with E-state index in [9.17, 15) is 0 Å². The molecule has 6 heteroatoms. The summed E-state index contributed by atoms with van der Waals surface area (Å²) >= 11 is 5.34. The second kappa shape index (κ2) is 7.27. The first-order valence-corrected chi connectivity index (χ1v) is 8.64. The molecule has 5 nitrogen and oxygen atoms in total. The minimum atomic E-state index is 0.403. The fourth-order valence-electron chi connectivity index (χ4n) is 2.57. The number of ether oxygens (including phenoxy) is 1. The molecule has 0 radical (unpaired) electrons. The SMILES string of the molecule is CCOc1ccccc1-c1nn(CN(CC)CC2CC2)c(=S)o1. The van der Waals surface area contributed by atoms with Gasteiger partial charge in [0.1, 0.15) is 5.75 Å². The standard InChI is InChI=1S/C17H23N3O2S/c1-3-19(11-13-9-10-13)12-20-17(23)22-16(18-20)14-7-5-6-8-15(14)21-4-2/h5-8,13H,3-4,9-12H2,1-2H3. The van der Waals surface area contributed by atoms with Gasteiger partial charge in [0, 0.05) is 6.54 Å². The molecule has 1 aliphatic rings. The molecular formula is C17H23N3O2S. The van der Waals surface area contributed by atoms with Crippen LogP contribution in [0.25, 0.3) is 11.5 Å². The minimum absolute atomic E-state index is 0.403. The van der Waals surface area contributed by atoms with Gasteiger partial charge in [0.2, 0.25) is 0 Å². The van der Waals surface area contributed by atoms with Crippen LogP contribution in [-0.2, 0) is 6.67 Å². The normalized spacial score (nSPS) is 14.4. The van der Waals surface area contributed by atoms with Gasteiger partial charge in [-0.3, -0.25) is 4.90 Å². The van der Waals surface area contributed by atoms with Crippen LogP contribution in [0.3, 0.4) is 0 Å². The van der Waals surface area contributed by atoms with Crippen molar-refractivity contribution in [3.05, 3.63) is 29.1 Å². The second-order valence-corrected chi connectivity index (χ2v) is 6.21. The van der Waals surface area contributed by atoms with Gasteiger partial charge in [-0.25, -0.2) is 4.68 Å². The van der Waals surface area contributed by atoms with Gasteiger partial charge in [0.05, 0.1) is 18.8 Å². The van der Waals surface area contributed by atoms with E-state index in [4.69, 9.17) is 21.4 Å². The largest absolute Gasteiger partial charge is 0.493 e. The first-order chi connectivity index (χ1) is 11.2. The summed E-state index contributed by atoms with van der Waals surface area (Å²) in [5.74, 6) is 2.12. The summed E-state index contributed by atoms with van der Waals surface area (Å²) in [4.78, 5) is 2.76. The third-order valence-corrected chi connectivity index (χ3v) is 4.31. The molecule has 1 saturated carbocycles. The molecule has 1 aromatic carbocycles. The molecule has 0 atom stereocenters. The fourth-order valence-corrected chi connectivity index (χ4v) is 2.75. The number of hydrogen-bond acceptors (Lipinski definition) is 5. The third-order valence-electron chi connectivity index (χ3n) is 4.02. The predicted molar refractivity (Wildman–Crippen MR) is 91.9 cm³/mol. The average Bonchev–Trinajstić information content (AvgIpc) is 3.30. The molecule has 0 amide bonds. The van der Waals surface area contributed by atoms with Crippen LogP contribution in [0.4, 0.5) is 0 Å². The van der Waals surface area contributed by atoms with E-state index < -0.39 is 0 Å². The quantitative estimate of drug-likeness (QED) is 0.684. The smallest absolute Gasteiger partial charge is 0.288 e. The van der Waals surface area contributed by atoms with Crippen molar-refractivity contribution in [1.82, 2.24) is 14.7 Å². The second-order valence-electron chi connectivity index (χ2n) is 5.86. The Morgan fingerprint density at radius 2 is 2.13 bits per heavy atom. The van der Waals surface area contributed by atoms with Gasteiger partial charge in [-0.05, 0) is 56.6 Å². The molecular weight excluding hydrogens is 310 g/mol. The predicted octanol–water partition coefficient (Wildman–Crippen LogP) is 3.96. The summed E-state index contributed by atoms with van der Waals surface area (Å²) in [6, 6.07) is 7.75. The number of hydrogen-bond donors (Lipinski definition) is 0. The Kier molecular flexibility index (Phi) is 5.13. The Labute approximate surface area is 141 Å². The van der Waals surface area contributed by atoms with Crippen molar-refractivity contribution in [3.63, 3.8) is 0 Å². The van der Waals surface area contributed by atoms with Crippen molar-refractivity contribution in [2.45, 2.75) is 33.4 Å². The van der Waals surface area contributed by atoms with E-state index in [0.29, 0.717) is 24.0 Å². The third kappa shape index (κ3) is 4.00. The lowest BCUT2D eigenvalue weighted by Crippen LogP contribution is -2.29. The van der Waals surface area contributed by atoms with E-state index in [1.165, 1.54) is 12.8 Å². The summed E-state index contributed by atoms with van der Waals surface area (Å²) in [6.45, 7) is 7.49. The zero-order valence-electron chi connectivity index (χ0n) is 13.7. The van der Waals surface area contributed by atoms with Crippen molar-refractivity contribution in [3.8, 4) is 17.2 Å². The fraction of sp³-hybridized carbons (Fsp3) is 0.529. The highest BCUT2D eigenvalue weighted by molar-refractivity contribution is 7.71. The molecule has 2 aromatic rings. The first kappa shape index (κ1) is 16.2. The monoisotopic (exact) mass is 333 g/mol.